The van der Waals surface area contributed by atoms with Crippen molar-refractivity contribution in [2.45, 2.75) is 0 Å². The Kier molecular flexibility index (Phi) is 16.5. The van der Waals surface area contributed by atoms with Gasteiger partial charge in [-0.1, -0.05) is 0 Å². The zero-order valence-corrected chi connectivity index (χ0v) is 13.6. The second-order valence-corrected chi connectivity index (χ2v) is 13.3. The van der Waals surface area contributed by atoms with E-state index in [0.29, 0.717) is 9.47 Å². The van der Waals surface area contributed by atoms with Gasteiger partial charge in [0.25, 0.3) is 0 Å². The molecule has 2 N–H and O–H groups in total. The van der Waals surface area contributed by atoms with E-state index >= 15 is 0 Å². The third kappa shape index (κ3) is 12.6. The van der Waals surface area contributed by atoms with Crippen LogP contribution >= 0.6 is 40.0 Å². The van der Waals surface area contributed by atoms with E-state index < -0.39 is 6.09 Å². The summed E-state index contributed by atoms with van der Waals surface area (Å²) in [4.78, 5) is 14.1. The molecule has 0 unspecified atom stereocenters. The molecule has 0 aromatic carbocycles. The number of hydrogen-bond acceptors (Lipinski definition) is 4. The molecule has 0 aliphatic heterocycles. The summed E-state index contributed by atoms with van der Waals surface area (Å²) in [5, 5.41) is 0. The summed E-state index contributed by atoms with van der Waals surface area (Å²) >= 11 is 4.74. The summed E-state index contributed by atoms with van der Waals surface area (Å²) in [6.07, 6.45) is -0.608. The Hall–Kier alpha value is 0.584. The molecule has 0 fully saturated rings. The molecule has 0 bridgehead atoms. The van der Waals surface area contributed by atoms with E-state index in [-0.39, 0.29) is 6.02 Å². The number of amidine groups is 1. The third-order valence-corrected chi connectivity index (χ3v) is 0.853. The minimum absolute atomic E-state index is 0.204. The first-order valence-electron chi connectivity index (χ1n) is 3.19. The summed E-state index contributed by atoms with van der Waals surface area (Å²) in [6.45, 7) is 0. The van der Waals surface area contributed by atoms with Crippen LogP contribution in [0.3, 0.4) is 0 Å². The van der Waals surface area contributed by atoms with Crippen LogP contribution in [0.15, 0.2) is 4.99 Å². The predicted octanol–water partition coefficient (Wildman–Crippen LogP) is 1.25. The number of carbonyl (C=O) groups is 1. The Labute approximate surface area is 112 Å². The Morgan fingerprint density at radius 3 is 2.07 bits per heavy atom. The van der Waals surface area contributed by atoms with Gasteiger partial charge < -0.3 is 9.47 Å². The van der Waals surface area contributed by atoms with E-state index in [2.05, 4.69) is 65.3 Å². The van der Waals surface area contributed by atoms with Gasteiger partial charge in [0.2, 0.25) is 0 Å². The summed E-state index contributed by atoms with van der Waals surface area (Å²) in [5.41, 5.74) is 4.54. The Morgan fingerprint density at radius 2 is 1.79 bits per heavy atom. The maximum atomic E-state index is 10.4. The summed E-state index contributed by atoms with van der Waals surface area (Å²) < 4.78 is 8.93. The number of nitrogens with zero attached hydrogens (tertiary/aromatic N) is 1. The molecule has 0 heterocycles. The molecule has 0 aromatic heterocycles. The van der Waals surface area contributed by atoms with Crippen LogP contribution < -0.4 is 10.9 Å². The Morgan fingerprint density at radius 1 is 1.29 bits per heavy atom. The SMILES string of the molecule is CN=C(NNC(=O)OC)OC.[I][V][I]. The van der Waals surface area contributed by atoms with Gasteiger partial charge in [-0.05, 0) is 0 Å². The first-order valence-corrected chi connectivity index (χ1v) is 12.2. The van der Waals surface area contributed by atoms with Crippen LogP contribution in [0.25, 0.3) is 0 Å². The van der Waals surface area contributed by atoms with Gasteiger partial charge in [-0.3, -0.25) is 0 Å². The first kappa shape index (κ1) is 17.0. The quantitative estimate of drug-likeness (QED) is 0.244. The van der Waals surface area contributed by atoms with Crippen molar-refractivity contribution in [3.05, 3.63) is 0 Å². The van der Waals surface area contributed by atoms with Crippen LogP contribution in [0.1, 0.15) is 0 Å². The fraction of sp³-hybridized carbons (Fsp3) is 0.600. The van der Waals surface area contributed by atoms with Crippen LogP contribution in [0, 0.1) is 0 Å². The van der Waals surface area contributed by atoms with Gasteiger partial charge in [0.1, 0.15) is 0 Å². The second kappa shape index (κ2) is 13.6. The van der Waals surface area contributed by atoms with E-state index in [1.165, 1.54) is 21.3 Å². The summed E-state index contributed by atoms with van der Waals surface area (Å²) in [7, 11) is 4.83. The van der Waals surface area contributed by atoms with Crippen LogP contribution in [0.5, 0.6) is 0 Å². The van der Waals surface area contributed by atoms with Crippen LogP contribution in [0.2, 0.25) is 0 Å². The maximum absolute atomic E-state index is 10.4. The van der Waals surface area contributed by atoms with Gasteiger partial charge in [0, 0.05) is 7.05 Å². The first-order chi connectivity index (χ1) is 6.65. The number of nitrogens with one attached hydrogen (secondary N) is 2. The summed E-state index contributed by atoms with van der Waals surface area (Å²) in [5.74, 6) is 0. The van der Waals surface area contributed by atoms with Crippen LogP contribution in [0.4, 0.5) is 4.79 Å². The topological polar surface area (TPSA) is 72.0 Å². The molecule has 14 heavy (non-hydrogen) atoms. The molecule has 6 nitrogen and oxygen atoms in total. The molecule has 0 atom stereocenters. The number of ether oxygens (including phenoxy) is 2. The van der Waals surface area contributed by atoms with Gasteiger partial charge in [0.15, 0.2) is 0 Å². The standard InChI is InChI=1S/C5H11N3O3.2HI.V/c1-6-4(10-2)7-8-5(9)11-3;;;/h1-3H3,(H,6,7)(H,8,9);2*1H;/q;;;+2/p-2. The molecule has 9 heteroatoms. The fourth-order valence-electron chi connectivity index (χ4n) is 0.354. The van der Waals surface area contributed by atoms with Gasteiger partial charge in [0.05, 0.1) is 14.2 Å². The number of halogens is 2. The molecule has 0 spiro atoms. The average molecular weight is 466 g/mol. The number of carbonyl (C=O) groups excluding carboxylic acids is 1. The van der Waals surface area contributed by atoms with Gasteiger partial charge >= 0.3 is 61.5 Å². The molecule has 0 rings (SSSR count). The van der Waals surface area contributed by atoms with E-state index in [1.807, 2.05) is 0 Å². The van der Waals surface area contributed by atoms with Crippen LogP contribution in [-0.4, -0.2) is 33.4 Å². The van der Waals surface area contributed by atoms with Gasteiger partial charge in [-0.15, -0.1) is 0 Å². The van der Waals surface area contributed by atoms with Crippen molar-refractivity contribution in [1.82, 2.24) is 10.9 Å². The molecular formula is C5H11I2N3O3V. The predicted molar refractivity (Wildman–Crippen MR) is 67.1 cm³/mol. The molecule has 1 amide bonds. The second-order valence-electron chi connectivity index (χ2n) is 1.54. The van der Waals surface area contributed by atoms with Crippen molar-refractivity contribution in [1.29, 1.82) is 0 Å². The van der Waals surface area contributed by atoms with Crippen molar-refractivity contribution < 1.29 is 23.7 Å². The fourth-order valence-corrected chi connectivity index (χ4v) is 0.354. The molecular weight excluding hydrogens is 455 g/mol. The number of rotatable bonds is 0. The van der Waals surface area contributed by atoms with Gasteiger partial charge in [-0.2, -0.15) is 0 Å². The van der Waals surface area contributed by atoms with E-state index in [0.717, 1.165) is 0 Å². The Balaban J connectivity index is 0. The van der Waals surface area contributed by atoms with E-state index in [4.69, 9.17) is 0 Å². The molecule has 0 aromatic rings. The molecule has 0 aliphatic rings. The van der Waals surface area contributed by atoms with E-state index in [9.17, 15) is 4.79 Å². The number of aliphatic imine (C=N–C) groups is 1. The number of hydrogen-bond donors (Lipinski definition) is 2. The molecule has 0 radical (unpaired) electrons. The third-order valence-electron chi connectivity index (χ3n) is 0.853. The molecule has 0 aliphatic carbocycles. The van der Waals surface area contributed by atoms with Crippen molar-refractivity contribution in [3.8, 4) is 0 Å². The minimum atomic E-state index is -0.608. The monoisotopic (exact) mass is 466 g/mol. The van der Waals surface area contributed by atoms with Crippen molar-refractivity contribution in [2.75, 3.05) is 21.3 Å². The molecule has 83 valence electrons. The zero-order chi connectivity index (χ0) is 11.4. The van der Waals surface area contributed by atoms with Crippen molar-refractivity contribution >= 4 is 52.1 Å². The van der Waals surface area contributed by atoms with Crippen molar-refractivity contribution in [2.24, 2.45) is 4.99 Å². The van der Waals surface area contributed by atoms with Gasteiger partial charge in [-0.25, -0.2) is 20.6 Å². The Bertz CT molecular complexity index is 182. The van der Waals surface area contributed by atoms with Crippen molar-refractivity contribution in [3.63, 3.8) is 0 Å². The zero-order valence-electron chi connectivity index (χ0n) is 7.88. The number of methoxy groups -OCH3 is 2. The number of hydrazine groups is 1. The summed E-state index contributed by atoms with van der Waals surface area (Å²) in [6, 6.07) is 0.204. The van der Waals surface area contributed by atoms with E-state index in [1.54, 1.807) is 0 Å². The molecule has 0 saturated heterocycles. The number of amides is 1. The van der Waals surface area contributed by atoms with Crippen LogP contribution in [-0.2, 0) is 18.9 Å². The average Bonchev–Trinajstić information content (AvgIpc) is 2.20. The molecule has 0 saturated carbocycles. The normalized spacial score (nSPS) is 9.07.